The van der Waals surface area contributed by atoms with Crippen LogP contribution in [0.2, 0.25) is 0 Å². The van der Waals surface area contributed by atoms with E-state index >= 15 is 0 Å². The van der Waals surface area contributed by atoms with Gasteiger partial charge in [-0.05, 0) is 45.4 Å². The Morgan fingerprint density at radius 2 is 1.95 bits per heavy atom. The first kappa shape index (κ1) is 18.6. The summed E-state index contributed by atoms with van der Waals surface area (Å²) in [7, 11) is 1.74. The second-order valence-electron chi connectivity index (χ2n) is 7.50. The number of amides is 1. The van der Waals surface area contributed by atoms with Crippen molar-refractivity contribution in [2.45, 2.75) is 65.5 Å². The number of ether oxygens (including phenoxy) is 1. The van der Waals surface area contributed by atoms with Gasteiger partial charge in [0.2, 0.25) is 9.05 Å². The molecular formula is C14H26ClNO4S. The van der Waals surface area contributed by atoms with E-state index in [-0.39, 0.29) is 23.3 Å². The molecule has 0 saturated carbocycles. The van der Waals surface area contributed by atoms with Crippen LogP contribution in [-0.2, 0) is 13.8 Å². The second-order valence-corrected chi connectivity index (χ2v) is 10.4. The Bertz CT molecular complexity index is 482. The number of halogens is 1. The normalized spacial score (nSPS) is 23.0. The number of carbonyl (C=O) groups excluding carboxylic acids is 1. The molecule has 1 unspecified atom stereocenters. The Labute approximate surface area is 132 Å². The van der Waals surface area contributed by atoms with Gasteiger partial charge in [0.1, 0.15) is 5.60 Å². The number of piperidine rings is 1. The second kappa shape index (κ2) is 6.32. The average Bonchev–Trinajstić information content (AvgIpc) is 2.22. The Hall–Kier alpha value is -0.490. The van der Waals surface area contributed by atoms with Crippen molar-refractivity contribution in [3.05, 3.63) is 0 Å². The number of rotatable bonds is 3. The molecule has 1 atom stereocenters. The fraction of sp³-hybridized carbons (Fsp3) is 0.929. The zero-order chi connectivity index (χ0) is 16.5. The first-order chi connectivity index (χ1) is 9.29. The minimum Gasteiger partial charge on any atom is -0.444 e. The lowest BCUT2D eigenvalue weighted by atomic mass is 9.81. The van der Waals surface area contributed by atoms with Gasteiger partial charge in [-0.2, -0.15) is 0 Å². The minimum absolute atomic E-state index is 0.00719. The summed E-state index contributed by atoms with van der Waals surface area (Å²) in [4.78, 5) is 14.0. The molecule has 0 bridgehead atoms. The predicted molar refractivity (Wildman–Crippen MR) is 84.0 cm³/mol. The van der Waals surface area contributed by atoms with Crippen LogP contribution in [0, 0.1) is 5.41 Å². The summed E-state index contributed by atoms with van der Waals surface area (Å²) in [5.74, 6) is -0.126. The molecule has 0 aliphatic carbocycles. The summed E-state index contributed by atoms with van der Waals surface area (Å²) in [6.45, 7) is 10.2. The van der Waals surface area contributed by atoms with Gasteiger partial charge in [-0.1, -0.05) is 13.8 Å². The van der Waals surface area contributed by atoms with E-state index in [2.05, 4.69) is 13.8 Å². The van der Waals surface area contributed by atoms with Crippen LogP contribution in [-0.4, -0.2) is 43.4 Å². The van der Waals surface area contributed by atoms with Crippen LogP contribution >= 0.6 is 10.7 Å². The van der Waals surface area contributed by atoms with Crippen LogP contribution in [0.4, 0.5) is 4.79 Å². The van der Waals surface area contributed by atoms with Crippen molar-refractivity contribution in [3.8, 4) is 0 Å². The molecule has 21 heavy (non-hydrogen) atoms. The highest BCUT2D eigenvalue weighted by molar-refractivity contribution is 8.13. The molecule has 0 radical (unpaired) electrons. The third-order valence-electron chi connectivity index (χ3n) is 3.52. The summed E-state index contributed by atoms with van der Waals surface area (Å²) >= 11 is 0. The SMILES string of the molecule is CC1(C)CCC(CCS(=O)(=O)Cl)N(C(=O)OC(C)(C)C)C1. The molecule has 7 heteroatoms. The summed E-state index contributed by atoms with van der Waals surface area (Å²) in [5.41, 5.74) is -0.560. The molecule has 0 aromatic rings. The largest absolute Gasteiger partial charge is 0.444 e. The van der Waals surface area contributed by atoms with Gasteiger partial charge in [0.15, 0.2) is 0 Å². The van der Waals surface area contributed by atoms with E-state index in [9.17, 15) is 13.2 Å². The van der Waals surface area contributed by atoms with Gasteiger partial charge in [0.25, 0.3) is 0 Å². The Kier molecular flexibility index (Phi) is 5.59. The van der Waals surface area contributed by atoms with Gasteiger partial charge >= 0.3 is 6.09 Å². The molecular weight excluding hydrogens is 314 g/mol. The van der Waals surface area contributed by atoms with E-state index in [1.54, 1.807) is 4.90 Å². The highest BCUT2D eigenvalue weighted by Gasteiger charge is 2.37. The summed E-state index contributed by atoms with van der Waals surface area (Å²) in [6.07, 6.45) is 1.67. The van der Waals surface area contributed by atoms with E-state index in [4.69, 9.17) is 15.4 Å². The first-order valence-electron chi connectivity index (χ1n) is 7.21. The van der Waals surface area contributed by atoms with Crippen molar-refractivity contribution in [2.24, 2.45) is 5.41 Å². The number of nitrogens with zero attached hydrogens (tertiary/aromatic N) is 1. The van der Waals surface area contributed by atoms with Crippen LogP contribution in [0.25, 0.3) is 0 Å². The van der Waals surface area contributed by atoms with Crippen molar-refractivity contribution < 1.29 is 17.9 Å². The van der Waals surface area contributed by atoms with E-state index in [0.29, 0.717) is 13.0 Å². The van der Waals surface area contributed by atoms with Gasteiger partial charge in [-0.15, -0.1) is 0 Å². The fourth-order valence-corrected chi connectivity index (χ4v) is 3.31. The molecule has 1 saturated heterocycles. The molecule has 1 fully saturated rings. The zero-order valence-corrected chi connectivity index (χ0v) is 15.1. The van der Waals surface area contributed by atoms with Gasteiger partial charge in [0, 0.05) is 23.3 Å². The van der Waals surface area contributed by atoms with Crippen LogP contribution in [0.3, 0.4) is 0 Å². The zero-order valence-electron chi connectivity index (χ0n) is 13.5. The maximum absolute atomic E-state index is 12.4. The van der Waals surface area contributed by atoms with Gasteiger partial charge in [-0.25, -0.2) is 13.2 Å². The summed E-state index contributed by atoms with van der Waals surface area (Å²) in [6, 6.07) is -0.138. The van der Waals surface area contributed by atoms with Crippen LogP contribution in [0.15, 0.2) is 0 Å². The molecule has 1 heterocycles. The Morgan fingerprint density at radius 1 is 1.38 bits per heavy atom. The molecule has 1 aliphatic heterocycles. The molecule has 124 valence electrons. The van der Waals surface area contributed by atoms with E-state index in [1.165, 1.54) is 0 Å². The quantitative estimate of drug-likeness (QED) is 0.739. The lowest BCUT2D eigenvalue weighted by Crippen LogP contribution is -2.51. The number of hydrogen-bond acceptors (Lipinski definition) is 4. The molecule has 5 nitrogen and oxygen atoms in total. The summed E-state index contributed by atoms with van der Waals surface area (Å²) in [5, 5.41) is 0. The van der Waals surface area contributed by atoms with Crippen LogP contribution in [0.1, 0.15) is 53.9 Å². The van der Waals surface area contributed by atoms with Crippen molar-refractivity contribution >= 4 is 25.8 Å². The third-order valence-corrected chi connectivity index (χ3v) is 4.70. The first-order valence-corrected chi connectivity index (χ1v) is 9.69. The molecule has 0 spiro atoms. The number of carbonyl (C=O) groups is 1. The smallest absolute Gasteiger partial charge is 0.410 e. The molecule has 1 rings (SSSR count). The fourth-order valence-electron chi connectivity index (χ4n) is 2.49. The highest BCUT2D eigenvalue weighted by atomic mass is 35.7. The van der Waals surface area contributed by atoms with E-state index < -0.39 is 14.7 Å². The van der Waals surface area contributed by atoms with E-state index in [1.807, 2.05) is 20.8 Å². The van der Waals surface area contributed by atoms with Gasteiger partial charge < -0.3 is 9.64 Å². The molecule has 0 aromatic carbocycles. The molecule has 0 N–H and O–H groups in total. The number of likely N-dealkylation sites (tertiary alicyclic amines) is 1. The maximum Gasteiger partial charge on any atom is 0.410 e. The van der Waals surface area contributed by atoms with Gasteiger partial charge in [-0.3, -0.25) is 0 Å². The lowest BCUT2D eigenvalue weighted by Gasteiger charge is -2.43. The van der Waals surface area contributed by atoms with Crippen molar-refractivity contribution in [3.63, 3.8) is 0 Å². The third kappa shape index (κ3) is 6.87. The predicted octanol–water partition coefficient (Wildman–Crippen LogP) is 3.37. The molecule has 1 aliphatic rings. The van der Waals surface area contributed by atoms with Crippen molar-refractivity contribution in [2.75, 3.05) is 12.3 Å². The average molecular weight is 340 g/mol. The maximum atomic E-state index is 12.4. The van der Waals surface area contributed by atoms with Crippen LogP contribution in [0.5, 0.6) is 0 Å². The molecule has 1 amide bonds. The Morgan fingerprint density at radius 3 is 2.43 bits per heavy atom. The number of hydrogen-bond donors (Lipinski definition) is 0. The highest BCUT2D eigenvalue weighted by Crippen LogP contribution is 2.34. The topological polar surface area (TPSA) is 63.7 Å². The molecule has 0 aromatic heterocycles. The van der Waals surface area contributed by atoms with Gasteiger partial charge in [0.05, 0.1) is 5.75 Å². The van der Waals surface area contributed by atoms with Crippen molar-refractivity contribution in [1.82, 2.24) is 4.90 Å². The Balaban J connectivity index is 2.82. The lowest BCUT2D eigenvalue weighted by molar-refractivity contribution is -0.00781. The minimum atomic E-state index is -3.54. The van der Waals surface area contributed by atoms with E-state index in [0.717, 1.165) is 12.8 Å². The van der Waals surface area contributed by atoms with Crippen molar-refractivity contribution in [1.29, 1.82) is 0 Å². The summed E-state index contributed by atoms with van der Waals surface area (Å²) < 4.78 is 27.7. The van der Waals surface area contributed by atoms with Crippen LogP contribution < -0.4 is 0 Å². The standard InChI is InChI=1S/C14H26ClNO4S/c1-13(2,3)20-12(17)16-10-14(4,5)8-6-11(16)7-9-21(15,18)19/h11H,6-10H2,1-5H3. The monoisotopic (exact) mass is 339 g/mol.